The molecule has 10 heteroatoms. The third-order valence-corrected chi connectivity index (χ3v) is 1.23. The third kappa shape index (κ3) is 1.75. The lowest BCUT2D eigenvalue weighted by atomic mass is 10.1. The molecule has 0 radical (unpaired) electrons. The van der Waals surface area contributed by atoms with Crippen LogP contribution in [0.2, 0.25) is 0 Å². The van der Waals surface area contributed by atoms with Crippen LogP contribution < -0.4 is 11.5 Å². The third-order valence-electron chi connectivity index (χ3n) is 1.23. The maximum atomic E-state index is 12.1. The lowest BCUT2D eigenvalue weighted by Gasteiger charge is -2.33. The molecular formula is C4H4F8N2. The van der Waals surface area contributed by atoms with Crippen molar-refractivity contribution in [3.8, 4) is 0 Å². The Balaban J connectivity index is 5.30. The van der Waals surface area contributed by atoms with Gasteiger partial charge in [-0.25, -0.2) is 4.39 Å². The minimum atomic E-state index is -6.65. The average molecular weight is 232 g/mol. The number of rotatable bonds is 2. The van der Waals surface area contributed by atoms with Crippen LogP contribution in [0.25, 0.3) is 0 Å². The van der Waals surface area contributed by atoms with Gasteiger partial charge in [0.05, 0.1) is 0 Å². The van der Waals surface area contributed by atoms with Gasteiger partial charge < -0.3 is 0 Å². The van der Waals surface area contributed by atoms with Gasteiger partial charge in [0.25, 0.3) is 5.92 Å². The zero-order valence-electron chi connectivity index (χ0n) is 6.18. The van der Waals surface area contributed by atoms with Crippen LogP contribution >= 0.6 is 0 Å². The van der Waals surface area contributed by atoms with Crippen molar-refractivity contribution < 1.29 is 35.1 Å². The van der Waals surface area contributed by atoms with Crippen molar-refractivity contribution in [2.45, 2.75) is 23.9 Å². The average Bonchev–Trinajstić information content (AvgIpc) is 1.81. The molecule has 0 aliphatic rings. The number of hydrogen-bond acceptors (Lipinski definition) is 2. The van der Waals surface area contributed by atoms with Crippen LogP contribution in [0.4, 0.5) is 35.1 Å². The first-order chi connectivity index (χ1) is 5.75. The fraction of sp³-hybridized carbons (Fsp3) is 1.00. The molecule has 0 aromatic heterocycles. The van der Waals surface area contributed by atoms with Crippen molar-refractivity contribution in [3.63, 3.8) is 0 Å². The van der Waals surface area contributed by atoms with Crippen molar-refractivity contribution in [2.24, 2.45) is 11.5 Å². The molecule has 0 aromatic rings. The first-order valence-corrected chi connectivity index (χ1v) is 2.84. The molecule has 0 aromatic carbocycles. The van der Waals surface area contributed by atoms with E-state index >= 15 is 0 Å². The van der Waals surface area contributed by atoms with Crippen LogP contribution in [-0.2, 0) is 0 Å². The summed E-state index contributed by atoms with van der Waals surface area (Å²) < 4.78 is 94.2. The molecule has 0 rings (SSSR count). The zero-order valence-corrected chi connectivity index (χ0v) is 6.18. The smallest absolute Gasteiger partial charge is 0.281 e. The Morgan fingerprint density at radius 3 is 0.929 bits per heavy atom. The van der Waals surface area contributed by atoms with Gasteiger partial charge in [-0.2, -0.15) is 30.7 Å². The van der Waals surface area contributed by atoms with E-state index in [1.165, 1.54) is 0 Å². The summed E-state index contributed by atoms with van der Waals surface area (Å²) in [5, 5.41) is 0. The summed E-state index contributed by atoms with van der Waals surface area (Å²) in [6.45, 7) is 0. The molecular weight excluding hydrogens is 228 g/mol. The Kier molecular flexibility index (Phi) is 2.79. The van der Waals surface area contributed by atoms with Crippen molar-refractivity contribution in [2.75, 3.05) is 0 Å². The molecule has 0 unspecified atom stereocenters. The van der Waals surface area contributed by atoms with E-state index in [0.717, 1.165) is 0 Å². The number of halogens is 8. The maximum absolute atomic E-state index is 12.1. The largest absolute Gasteiger partial charge is 0.460 e. The van der Waals surface area contributed by atoms with Crippen molar-refractivity contribution in [3.05, 3.63) is 0 Å². The molecule has 0 spiro atoms. The van der Waals surface area contributed by atoms with Gasteiger partial charge in [-0.1, -0.05) is 0 Å². The van der Waals surface area contributed by atoms with E-state index in [4.69, 9.17) is 0 Å². The molecule has 4 N–H and O–H groups in total. The summed E-state index contributed by atoms with van der Waals surface area (Å²) >= 11 is 0. The first kappa shape index (κ1) is 13.4. The van der Waals surface area contributed by atoms with Gasteiger partial charge in [-0.05, 0) is 0 Å². The maximum Gasteiger partial charge on any atom is 0.460 e. The van der Waals surface area contributed by atoms with E-state index in [-0.39, 0.29) is 0 Å². The second kappa shape index (κ2) is 2.92. The van der Waals surface area contributed by atoms with Gasteiger partial charge in [0.15, 0.2) is 0 Å². The Bertz CT molecular complexity index is 188. The van der Waals surface area contributed by atoms with Crippen molar-refractivity contribution >= 4 is 0 Å². The summed E-state index contributed by atoms with van der Waals surface area (Å²) in [4.78, 5) is 0. The van der Waals surface area contributed by atoms with Crippen LogP contribution in [0.1, 0.15) is 0 Å². The molecule has 86 valence electrons. The highest BCUT2D eigenvalue weighted by Crippen LogP contribution is 2.49. The second-order valence-corrected chi connectivity index (χ2v) is 2.41. The second-order valence-electron chi connectivity index (χ2n) is 2.41. The fourth-order valence-electron chi connectivity index (χ4n) is 0.419. The molecule has 0 saturated heterocycles. The zero-order chi connectivity index (χ0) is 12.0. The van der Waals surface area contributed by atoms with Crippen LogP contribution in [0, 0.1) is 0 Å². The Morgan fingerprint density at radius 2 is 0.857 bits per heavy atom. The van der Waals surface area contributed by atoms with E-state index in [2.05, 4.69) is 11.5 Å². The van der Waals surface area contributed by atoms with E-state index in [0.29, 0.717) is 0 Å². The predicted octanol–water partition coefficient (Wildman–Crippen LogP) is 1.36. The van der Waals surface area contributed by atoms with Gasteiger partial charge >= 0.3 is 18.0 Å². The molecule has 14 heavy (non-hydrogen) atoms. The molecule has 0 aliphatic heterocycles. The first-order valence-electron chi connectivity index (χ1n) is 2.84. The van der Waals surface area contributed by atoms with Crippen LogP contribution in [0.5, 0.6) is 0 Å². The lowest BCUT2D eigenvalue weighted by molar-refractivity contribution is -0.379. The standard InChI is InChI=1S/C4H4F8N2/c5-1(6,3(9,10)11)2(7,8)4(12,13)14/h13-14H2. The normalized spacial score (nSPS) is 15.9. The van der Waals surface area contributed by atoms with Crippen molar-refractivity contribution in [1.82, 2.24) is 0 Å². The van der Waals surface area contributed by atoms with Crippen LogP contribution in [0.3, 0.4) is 0 Å². The highest BCUT2D eigenvalue weighted by molar-refractivity contribution is 4.99. The Morgan fingerprint density at radius 1 is 0.571 bits per heavy atom. The van der Waals surface area contributed by atoms with Crippen LogP contribution in [-0.4, -0.2) is 23.9 Å². The summed E-state index contributed by atoms with van der Waals surface area (Å²) in [5.74, 6) is -17.9. The summed E-state index contributed by atoms with van der Waals surface area (Å²) in [5.41, 5.74) is 7.35. The summed E-state index contributed by atoms with van der Waals surface area (Å²) in [6, 6.07) is 0. The fourth-order valence-corrected chi connectivity index (χ4v) is 0.419. The molecule has 0 amide bonds. The predicted molar refractivity (Wildman–Crippen MR) is 28.2 cm³/mol. The molecule has 0 atom stereocenters. The molecule has 0 fully saturated rings. The molecule has 0 heterocycles. The molecule has 0 bridgehead atoms. The Labute approximate surface area is 71.8 Å². The Hall–Kier alpha value is -0.640. The molecule has 0 saturated carbocycles. The SMILES string of the molecule is NC(N)(F)C(F)(F)C(F)(F)C(F)(F)F. The van der Waals surface area contributed by atoms with E-state index in [1.807, 2.05) is 0 Å². The summed E-state index contributed by atoms with van der Waals surface area (Å²) in [7, 11) is 0. The number of hydrogen-bond donors (Lipinski definition) is 2. The highest BCUT2D eigenvalue weighted by Gasteiger charge is 2.79. The monoisotopic (exact) mass is 232 g/mol. The van der Waals surface area contributed by atoms with E-state index in [1.54, 1.807) is 0 Å². The molecule has 2 nitrogen and oxygen atoms in total. The van der Waals surface area contributed by atoms with E-state index < -0.39 is 23.9 Å². The minimum absolute atomic E-state index is 3.68. The van der Waals surface area contributed by atoms with Gasteiger partial charge in [0.2, 0.25) is 0 Å². The van der Waals surface area contributed by atoms with Crippen LogP contribution in [0.15, 0.2) is 0 Å². The van der Waals surface area contributed by atoms with Crippen molar-refractivity contribution in [1.29, 1.82) is 0 Å². The highest BCUT2D eigenvalue weighted by atomic mass is 19.4. The van der Waals surface area contributed by atoms with Gasteiger partial charge in [-0.15, -0.1) is 0 Å². The van der Waals surface area contributed by atoms with E-state index in [9.17, 15) is 35.1 Å². The number of nitrogens with two attached hydrogens (primary N) is 2. The topological polar surface area (TPSA) is 52.0 Å². The minimum Gasteiger partial charge on any atom is -0.281 e. The quantitative estimate of drug-likeness (QED) is 0.429. The lowest BCUT2D eigenvalue weighted by Crippen LogP contribution is -2.70. The molecule has 0 aliphatic carbocycles. The van der Waals surface area contributed by atoms with Gasteiger partial charge in [0.1, 0.15) is 0 Å². The van der Waals surface area contributed by atoms with Gasteiger partial charge in [0, 0.05) is 0 Å². The summed E-state index contributed by atoms with van der Waals surface area (Å²) in [6.07, 6.45) is -6.65. The van der Waals surface area contributed by atoms with Gasteiger partial charge in [-0.3, -0.25) is 11.5 Å². The number of alkyl halides is 8.